The van der Waals surface area contributed by atoms with Crippen LogP contribution in [0.5, 0.6) is 0 Å². The maximum Gasteiger partial charge on any atom is 0.257 e. The van der Waals surface area contributed by atoms with E-state index in [4.69, 9.17) is 9.62 Å². The summed E-state index contributed by atoms with van der Waals surface area (Å²) in [5, 5.41) is 12.2. The Morgan fingerprint density at radius 1 is 1.71 bits per heavy atom. The average Bonchev–Trinajstić information content (AvgIpc) is 2.90. The van der Waals surface area contributed by atoms with Crippen LogP contribution < -0.4 is 0 Å². The molecule has 1 aliphatic heterocycles. The van der Waals surface area contributed by atoms with Crippen molar-refractivity contribution in [1.82, 2.24) is 4.90 Å². The first kappa shape index (κ1) is 11.7. The monoisotopic (exact) mass is 236 g/mol. The number of furan rings is 1. The second-order valence-corrected chi connectivity index (χ2v) is 4.21. The van der Waals surface area contributed by atoms with E-state index in [2.05, 4.69) is 5.16 Å². The highest BCUT2D eigenvalue weighted by atomic mass is 16.4. The van der Waals surface area contributed by atoms with Gasteiger partial charge in [-0.05, 0) is 12.5 Å². The van der Waals surface area contributed by atoms with Crippen molar-refractivity contribution in [3.63, 3.8) is 0 Å². The van der Waals surface area contributed by atoms with Crippen LogP contribution >= 0.6 is 0 Å². The van der Waals surface area contributed by atoms with E-state index in [1.165, 1.54) is 12.5 Å². The third-order valence-electron chi connectivity index (χ3n) is 3.23. The van der Waals surface area contributed by atoms with E-state index in [1.54, 1.807) is 11.0 Å². The lowest BCUT2D eigenvalue weighted by atomic mass is 9.93. The maximum atomic E-state index is 12.1. The van der Waals surface area contributed by atoms with Gasteiger partial charge in [0.25, 0.3) is 5.91 Å². The normalized spacial score (nSPS) is 23.0. The Labute approximate surface area is 99.7 Å². The lowest BCUT2D eigenvalue weighted by molar-refractivity contribution is 0.0728. The lowest BCUT2D eigenvalue weighted by Crippen LogP contribution is -2.43. The third-order valence-corrected chi connectivity index (χ3v) is 3.23. The van der Waals surface area contributed by atoms with Gasteiger partial charge in [-0.1, -0.05) is 12.1 Å². The van der Waals surface area contributed by atoms with Crippen LogP contribution in [0.4, 0.5) is 0 Å². The first-order valence-corrected chi connectivity index (χ1v) is 5.78. The van der Waals surface area contributed by atoms with E-state index in [0.29, 0.717) is 25.1 Å². The molecule has 1 aromatic rings. The summed E-state index contributed by atoms with van der Waals surface area (Å²) < 4.78 is 4.91. The first-order valence-electron chi connectivity index (χ1n) is 5.78. The molecule has 1 amide bonds. The summed E-state index contributed by atoms with van der Waals surface area (Å²) in [5.41, 5.74) is 1.37. The summed E-state index contributed by atoms with van der Waals surface area (Å²) in [6, 6.07) is 1.67. The average molecular weight is 236 g/mol. The molecule has 1 atom stereocenters. The molecule has 1 N–H and O–H groups in total. The number of piperidine rings is 1. The predicted octanol–water partition coefficient (Wildman–Crippen LogP) is 1.98. The number of carbonyl (C=O) groups is 1. The van der Waals surface area contributed by atoms with E-state index in [9.17, 15) is 4.79 Å². The summed E-state index contributed by atoms with van der Waals surface area (Å²) in [6.45, 7) is 3.24. The molecule has 0 bridgehead atoms. The fourth-order valence-corrected chi connectivity index (χ4v) is 2.17. The van der Waals surface area contributed by atoms with Crippen LogP contribution in [0.1, 0.15) is 30.1 Å². The molecule has 17 heavy (non-hydrogen) atoms. The van der Waals surface area contributed by atoms with E-state index < -0.39 is 0 Å². The first-order chi connectivity index (χ1) is 8.26. The van der Waals surface area contributed by atoms with Gasteiger partial charge >= 0.3 is 0 Å². The van der Waals surface area contributed by atoms with Crippen molar-refractivity contribution < 1.29 is 14.4 Å². The Morgan fingerprint density at radius 2 is 2.53 bits per heavy atom. The Kier molecular flexibility index (Phi) is 3.46. The highest BCUT2D eigenvalue weighted by molar-refractivity contribution is 5.96. The van der Waals surface area contributed by atoms with Crippen molar-refractivity contribution in [3.05, 3.63) is 24.2 Å². The van der Waals surface area contributed by atoms with Crippen molar-refractivity contribution in [2.45, 2.75) is 19.8 Å². The number of amides is 1. The molecule has 5 nitrogen and oxygen atoms in total. The van der Waals surface area contributed by atoms with Crippen LogP contribution in [0.2, 0.25) is 0 Å². The van der Waals surface area contributed by atoms with Crippen molar-refractivity contribution in [2.75, 3.05) is 13.1 Å². The van der Waals surface area contributed by atoms with Gasteiger partial charge in [-0.2, -0.15) is 0 Å². The zero-order valence-corrected chi connectivity index (χ0v) is 9.80. The third kappa shape index (κ3) is 2.33. The molecule has 1 unspecified atom stereocenters. The molecular weight excluding hydrogens is 220 g/mol. The highest BCUT2D eigenvalue weighted by Gasteiger charge is 2.28. The van der Waals surface area contributed by atoms with Crippen molar-refractivity contribution >= 4 is 11.6 Å². The Bertz CT molecular complexity index is 411. The lowest BCUT2D eigenvalue weighted by Gasteiger charge is -2.32. The van der Waals surface area contributed by atoms with Crippen LogP contribution in [0, 0.1) is 5.92 Å². The Balaban J connectivity index is 2.07. The molecule has 1 fully saturated rings. The highest BCUT2D eigenvalue weighted by Crippen LogP contribution is 2.19. The van der Waals surface area contributed by atoms with Gasteiger partial charge in [0.05, 0.1) is 17.5 Å². The fraction of sp³-hybridized carbons (Fsp3) is 0.500. The molecule has 2 rings (SSSR count). The molecule has 2 heterocycles. The van der Waals surface area contributed by atoms with Crippen LogP contribution in [-0.2, 0) is 0 Å². The topological polar surface area (TPSA) is 66.0 Å². The summed E-state index contributed by atoms with van der Waals surface area (Å²) >= 11 is 0. The summed E-state index contributed by atoms with van der Waals surface area (Å²) in [5.74, 6) is 0.138. The largest absolute Gasteiger partial charge is 0.472 e. The van der Waals surface area contributed by atoms with Gasteiger partial charge in [0.2, 0.25) is 0 Å². The molecule has 0 spiro atoms. The Hall–Kier alpha value is -1.78. The van der Waals surface area contributed by atoms with Gasteiger partial charge in [0.1, 0.15) is 6.26 Å². The minimum absolute atomic E-state index is 0.0193. The molecule has 0 aromatic carbocycles. The smallest absolute Gasteiger partial charge is 0.257 e. The van der Waals surface area contributed by atoms with E-state index in [1.807, 2.05) is 6.92 Å². The fourth-order valence-electron chi connectivity index (χ4n) is 2.17. The standard InChI is InChI=1S/C12H16N2O3/c1-2-9-7-14(5-3-11(9)13-16)12(15)10-4-6-17-8-10/h4,6,8-9,16H,2-3,5,7H2,1H3/b13-11+. The summed E-state index contributed by atoms with van der Waals surface area (Å²) in [6.07, 6.45) is 4.46. The summed E-state index contributed by atoms with van der Waals surface area (Å²) in [7, 11) is 0. The van der Waals surface area contributed by atoms with Crippen LogP contribution in [0.3, 0.4) is 0 Å². The molecule has 0 aliphatic carbocycles. The SMILES string of the molecule is CCC1CN(C(=O)c2ccoc2)CC/C1=N\O. The van der Waals surface area contributed by atoms with Gasteiger partial charge in [0.15, 0.2) is 0 Å². The van der Waals surface area contributed by atoms with Gasteiger partial charge in [-0.15, -0.1) is 0 Å². The van der Waals surface area contributed by atoms with Gasteiger partial charge in [-0.3, -0.25) is 4.79 Å². The number of likely N-dealkylation sites (tertiary alicyclic amines) is 1. The van der Waals surface area contributed by atoms with Crippen molar-refractivity contribution in [3.8, 4) is 0 Å². The number of hydrogen-bond donors (Lipinski definition) is 1. The van der Waals surface area contributed by atoms with Crippen LogP contribution in [0.25, 0.3) is 0 Å². The van der Waals surface area contributed by atoms with E-state index >= 15 is 0 Å². The van der Waals surface area contributed by atoms with Crippen LogP contribution in [-0.4, -0.2) is 34.8 Å². The van der Waals surface area contributed by atoms with Gasteiger partial charge < -0.3 is 14.5 Å². The zero-order chi connectivity index (χ0) is 12.3. The molecule has 0 saturated carbocycles. The Morgan fingerprint density at radius 3 is 3.12 bits per heavy atom. The number of nitrogens with zero attached hydrogens (tertiary/aromatic N) is 2. The van der Waals surface area contributed by atoms with E-state index in [-0.39, 0.29) is 11.8 Å². The van der Waals surface area contributed by atoms with Gasteiger partial charge in [-0.25, -0.2) is 0 Å². The maximum absolute atomic E-state index is 12.1. The minimum atomic E-state index is -0.0193. The molecule has 1 saturated heterocycles. The molecule has 92 valence electrons. The number of rotatable bonds is 2. The molecule has 0 radical (unpaired) electrons. The molecule has 5 heteroatoms. The zero-order valence-electron chi connectivity index (χ0n) is 9.80. The quantitative estimate of drug-likeness (QED) is 0.630. The van der Waals surface area contributed by atoms with E-state index in [0.717, 1.165) is 12.1 Å². The van der Waals surface area contributed by atoms with Crippen molar-refractivity contribution in [1.29, 1.82) is 0 Å². The van der Waals surface area contributed by atoms with Gasteiger partial charge in [0, 0.05) is 25.4 Å². The molecule has 1 aromatic heterocycles. The number of oxime groups is 1. The minimum Gasteiger partial charge on any atom is -0.472 e. The predicted molar refractivity (Wildman–Crippen MR) is 62.2 cm³/mol. The number of hydrogen-bond acceptors (Lipinski definition) is 4. The molecule has 1 aliphatic rings. The van der Waals surface area contributed by atoms with Crippen molar-refractivity contribution in [2.24, 2.45) is 11.1 Å². The second-order valence-electron chi connectivity index (χ2n) is 4.21. The number of carbonyl (C=O) groups excluding carboxylic acids is 1. The second kappa shape index (κ2) is 5.03. The molecular formula is C12H16N2O3. The summed E-state index contributed by atoms with van der Waals surface area (Å²) in [4.78, 5) is 13.9. The van der Waals surface area contributed by atoms with Crippen LogP contribution in [0.15, 0.2) is 28.2 Å².